The van der Waals surface area contributed by atoms with Gasteiger partial charge in [0.05, 0.1) is 18.4 Å². The van der Waals surface area contributed by atoms with Crippen molar-refractivity contribution < 1.29 is 20.1 Å². The highest BCUT2D eigenvalue weighted by Gasteiger charge is 2.56. The van der Waals surface area contributed by atoms with Gasteiger partial charge in [0.1, 0.15) is 18.4 Å². The van der Waals surface area contributed by atoms with E-state index in [2.05, 4.69) is 5.32 Å². The van der Waals surface area contributed by atoms with Crippen LogP contribution >= 0.6 is 0 Å². The van der Waals surface area contributed by atoms with Gasteiger partial charge in [0, 0.05) is 13.1 Å². The first kappa shape index (κ1) is 9.02. The van der Waals surface area contributed by atoms with Crippen molar-refractivity contribution in [3.05, 3.63) is 0 Å². The molecule has 3 rings (SSSR count). The molecule has 3 saturated heterocycles. The molecule has 6 nitrogen and oxygen atoms in total. The lowest BCUT2D eigenvalue weighted by molar-refractivity contribution is -0.0931. The minimum Gasteiger partial charge on any atom is -0.389 e. The maximum Gasteiger partial charge on any atom is 0.141 e. The number of nitrogens with zero attached hydrogens (tertiary/aromatic N) is 1. The van der Waals surface area contributed by atoms with Gasteiger partial charge in [0.25, 0.3) is 0 Å². The molecule has 0 aliphatic carbocycles. The van der Waals surface area contributed by atoms with Crippen molar-refractivity contribution in [1.82, 2.24) is 10.2 Å². The predicted octanol–water partition coefficient (Wildman–Crippen LogP) is -2.96. The number of β-amino-alcohol motifs (C(OH)–C–C–N with tert-alkyl or cyclic N) is 1. The second kappa shape index (κ2) is 2.88. The number of fused-ring (bicyclic) bond motifs is 3. The lowest BCUT2D eigenvalue weighted by atomic mass is 10.2. The molecule has 0 aromatic rings. The monoisotopic (exact) mass is 202 g/mol. The predicted molar refractivity (Wildman–Crippen MR) is 45.2 cm³/mol. The topological polar surface area (TPSA) is 85.2 Å². The van der Waals surface area contributed by atoms with Gasteiger partial charge in [0.15, 0.2) is 0 Å². The maximum absolute atomic E-state index is 9.58. The number of aliphatic hydroxyl groups excluding tert-OH is 3. The Labute approximate surface area is 81.1 Å². The zero-order chi connectivity index (χ0) is 9.87. The Morgan fingerprint density at radius 2 is 2.00 bits per heavy atom. The smallest absolute Gasteiger partial charge is 0.141 e. The SMILES string of the molecule is O[C@@H]1[C@H]2O[C@@H]3[C@@H](NC[C@@H]3O)N2C[C@@H]1O. The van der Waals surface area contributed by atoms with E-state index in [-0.39, 0.29) is 12.3 Å². The molecule has 0 spiro atoms. The third kappa shape index (κ3) is 1.01. The Balaban J connectivity index is 1.82. The highest BCUT2D eigenvalue weighted by Crippen LogP contribution is 2.34. The summed E-state index contributed by atoms with van der Waals surface area (Å²) < 4.78 is 5.51. The molecule has 0 amide bonds. The summed E-state index contributed by atoms with van der Waals surface area (Å²) >= 11 is 0. The van der Waals surface area contributed by atoms with Gasteiger partial charge in [-0.2, -0.15) is 0 Å². The molecule has 0 saturated carbocycles. The fourth-order valence-corrected chi connectivity index (χ4v) is 2.56. The molecule has 0 bridgehead atoms. The molecule has 3 fully saturated rings. The first-order valence-corrected chi connectivity index (χ1v) is 4.87. The van der Waals surface area contributed by atoms with E-state index in [0.717, 1.165) is 0 Å². The summed E-state index contributed by atoms with van der Waals surface area (Å²) in [6.45, 7) is 0.900. The average molecular weight is 202 g/mol. The minimum absolute atomic E-state index is 0.0678. The summed E-state index contributed by atoms with van der Waals surface area (Å²) in [6, 6.07) is 0. The zero-order valence-corrected chi connectivity index (χ0v) is 7.58. The number of ether oxygens (including phenoxy) is 1. The highest BCUT2D eigenvalue weighted by atomic mass is 16.6. The van der Waals surface area contributed by atoms with Gasteiger partial charge in [-0.3, -0.25) is 10.2 Å². The summed E-state index contributed by atoms with van der Waals surface area (Å²) in [6.07, 6.45) is -2.95. The Bertz CT molecular complexity index is 249. The quantitative estimate of drug-likeness (QED) is 0.336. The van der Waals surface area contributed by atoms with Crippen LogP contribution in [0.3, 0.4) is 0 Å². The van der Waals surface area contributed by atoms with E-state index >= 15 is 0 Å². The van der Waals surface area contributed by atoms with Crippen molar-refractivity contribution in [3.63, 3.8) is 0 Å². The molecule has 80 valence electrons. The third-order valence-electron chi connectivity index (χ3n) is 3.29. The van der Waals surface area contributed by atoms with E-state index in [0.29, 0.717) is 13.1 Å². The van der Waals surface area contributed by atoms with Crippen molar-refractivity contribution in [2.45, 2.75) is 36.8 Å². The van der Waals surface area contributed by atoms with Crippen molar-refractivity contribution in [3.8, 4) is 0 Å². The van der Waals surface area contributed by atoms with Crippen LogP contribution in [0.2, 0.25) is 0 Å². The van der Waals surface area contributed by atoms with Crippen LogP contribution in [0, 0.1) is 0 Å². The standard InChI is InChI=1S/C8H14N2O4/c11-3-1-9-7-6(3)14-8-5(13)4(12)2-10(7)8/h3-9,11-13H,1-2H2/t3-,4-,5-,6-,7-,8+/m0/s1. The fraction of sp³-hybridized carbons (Fsp3) is 1.00. The molecular formula is C8H14N2O4. The zero-order valence-electron chi connectivity index (χ0n) is 7.58. The van der Waals surface area contributed by atoms with E-state index in [1.165, 1.54) is 0 Å². The largest absolute Gasteiger partial charge is 0.389 e. The molecule has 0 aromatic carbocycles. The van der Waals surface area contributed by atoms with E-state index in [9.17, 15) is 15.3 Å². The Morgan fingerprint density at radius 3 is 2.79 bits per heavy atom. The van der Waals surface area contributed by atoms with E-state index in [1.807, 2.05) is 4.90 Å². The maximum atomic E-state index is 9.58. The molecule has 3 aliphatic heterocycles. The lowest BCUT2D eigenvalue weighted by Crippen LogP contribution is -2.43. The minimum atomic E-state index is -0.866. The summed E-state index contributed by atoms with van der Waals surface area (Å²) in [5.41, 5.74) is 0. The van der Waals surface area contributed by atoms with Crippen LogP contribution in [0.5, 0.6) is 0 Å². The van der Waals surface area contributed by atoms with E-state index in [4.69, 9.17) is 4.74 Å². The molecule has 0 unspecified atom stereocenters. The summed E-state index contributed by atoms with van der Waals surface area (Å²) in [5, 5.41) is 31.7. The van der Waals surface area contributed by atoms with Gasteiger partial charge in [0.2, 0.25) is 0 Å². The molecule has 0 aromatic heterocycles. The lowest BCUT2D eigenvalue weighted by Gasteiger charge is -2.19. The molecule has 6 heteroatoms. The Hall–Kier alpha value is -0.240. The molecule has 4 N–H and O–H groups in total. The van der Waals surface area contributed by atoms with Crippen LogP contribution in [0.1, 0.15) is 0 Å². The van der Waals surface area contributed by atoms with Crippen LogP contribution in [0.25, 0.3) is 0 Å². The van der Waals surface area contributed by atoms with Crippen molar-refractivity contribution in [1.29, 1.82) is 0 Å². The van der Waals surface area contributed by atoms with Crippen molar-refractivity contribution >= 4 is 0 Å². The van der Waals surface area contributed by atoms with Crippen LogP contribution in [0.4, 0.5) is 0 Å². The highest BCUT2D eigenvalue weighted by molar-refractivity contribution is 5.04. The molecule has 14 heavy (non-hydrogen) atoms. The second-order valence-electron chi connectivity index (χ2n) is 4.17. The summed E-state index contributed by atoms with van der Waals surface area (Å²) in [5.74, 6) is 0. The molecule has 3 heterocycles. The first-order chi connectivity index (χ1) is 6.68. The van der Waals surface area contributed by atoms with E-state index in [1.54, 1.807) is 0 Å². The van der Waals surface area contributed by atoms with Gasteiger partial charge in [-0.25, -0.2) is 0 Å². The molecule has 0 radical (unpaired) electrons. The van der Waals surface area contributed by atoms with Gasteiger partial charge in [-0.15, -0.1) is 0 Å². The Kier molecular flexibility index (Phi) is 1.85. The molecule has 3 aliphatic rings. The fourth-order valence-electron chi connectivity index (χ4n) is 2.56. The van der Waals surface area contributed by atoms with Gasteiger partial charge in [-0.1, -0.05) is 0 Å². The number of hydrogen-bond acceptors (Lipinski definition) is 6. The summed E-state index contributed by atoms with van der Waals surface area (Å²) in [4.78, 5) is 1.87. The van der Waals surface area contributed by atoms with Crippen LogP contribution in [-0.4, -0.2) is 70.1 Å². The normalized spacial score (nSPS) is 57.6. The number of nitrogens with one attached hydrogen (secondary N) is 1. The third-order valence-corrected chi connectivity index (χ3v) is 3.29. The van der Waals surface area contributed by atoms with Crippen LogP contribution in [0.15, 0.2) is 0 Å². The second-order valence-corrected chi connectivity index (χ2v) is 4.17. The van der Waals surface area contributed by atoms with Gasteiger partial charge >= 0.3 is 0 Å². The molecule has 6 atom stereocenters. The van der Waals surface area contributed by atoms with Gasteiger partial charge in [-0.05, 0) is 0 Å². The van der Waals surface area contributed by atoms with Crippen LogP contribution < -0.4 is 5.32 Å². The first-order valence-electron chi connectivity index (χ1n) is 4.87. The average Bonchev–Trinajstić information content (AvgIpc) is 2.74. The Morgan fingerprint density at radius 1 is 1.21 bits per heavy atom. The van der Waals surface area contributed by atoms with Crippen LogP contribution in [-0.2, 0) is 4.74 Å². The van der Waals surface area contributed by atoms with Gasteiger partial charge < -0.3 is 20.1 Å². The number of aliphatic hydroxyl groups is 3. The molecular weight excluding hydrogens is 188 g/mol. The van der Waals surface area contributed by atoms with Crippen molar-refractivity contribution in [2.75, 3.05) is 13.1 Å². The number of rotatable bonds is 0. The summed E-state index contributed by atoms with van der Waals surface area (Å²) in [7, 11) is 0. The number of hydrogen-bond donors (Lipinski definition) is 4. The van der Waals surface area contributed by atoms with Crippen molar-refractivity contribution in [2.24, 2.45) is 0 Å². The van der Waals surface area contributed by atoms with E-state index < -0.39 is 24.5 Å².